The molecule has 0 bridgehead atoms. The molecule has 0 aliphatic rings. The summed E-state index contributed by atoms with van der Waals surface area (Å²) in [5.74, 6) is 0.151. The average Bonchev–Trinajstić information content (AvgIpc) is 2.27. The molecular formula is C13H22IN3. The van der Waals surface area contributed by atoms with Gasteiger partial charge in [0.15, 0.2) is 5.96 Å². The standard InChI is InChI=1S/C13H21N3.HI/c1-4-10-5-7-11(8-6-10)13(2,3)9-16-12(14)15;/h5-8H,4,9H2,1-3H3,(H4,14,15,16);1H. The number of aliphatic imine (C=N–C) groups is 1. The molecular weight excluding hydrogens is 325 g/mol. The van der Waals surface area contributed by atoms with Gasteiger partial charge in [-0.15, -0.1) is 24.0 Å². The van der Waals surface area contributed by atoms with Crippen molar-refractivity contribution in [1.29, 1.82) is 0 Å². The lowest BCUT2D eigenvalue weighted by molar-refractivity contribution is 0.540. The molecule has 0 amide bonds. The predicted molar refractivity (Wildman–Crippen MR) is 84.9 cm³/mol. The highest BCUT2D eigenvalue weighted by Gasteiger charge is 2.19. The molecule has 96 valence electrons. The second kappa shape index (κ2) is 6.83. The third-order valence-corrected chi connectivity index (χ3v) is 2.80. The van der Waals surface area contributed by atoms with Gasteiger partial charge in [0.2, 0.25) is 0 Å². The number of aryl methyl sites for hydroxylation is 1. The summed E-state index contributed by atoms with van der Waals surface area (Å²) < 4.78 is 0. The van der Waals surface area contributed by atoms with Crippen molar-refractivity contribution in [3.63, 3.8) is 0 Å². The Morgan fingerprint density at radius 3 is 2.12 bits per heavy atom. The molecule has 0 fully saturated rings. The number of benzene rings is 1. The maximum Gasteiger partial charge on any atom is 0.185 e. The van der Waals surface area contributed by atoms with Crippen LogP contribution in [0.2, 0.25) is 0 Å². The first-order chi connectivity index (χ1) is 7.45. The highest BCUT2D eigenvalue weighted by atomic mass is 127. The second-order valence-corrected chi connectivity index (χ2v) is 4.68. The van der Waals surface area contributed by atoms with Crippen molar-refractivity contribution in [1.82, 2.24) is 0 Å². The molecule has 0 saturated heterocycles. The number of halogens is 1. The third kappa shape index (κ3) is 4.93. The number of hydrogen-bond donors (Lipinski definition) is 2. The minimum absolute atomic E-state index is 0. The summed E-state index contributed by atoms with van der Waals surface area (Å²) in [5, 5.41) is 0. The van der Waals surface area contributed by atoms with Gasteiger partial charge in [-0.2, -0.15) is 0 Å². The number of guanidine groups is 1. The highest BCUT2D eigenvalue weighted by molar-refractivity contribution is 14.0. The summed E-state index contributed by atoms with van der Waals surface area (Å²) in [6.45, 7) is 7.04. The van der Waals surface area contributed by atoms with E-state index in [4.69, 9.17) is 11.5 Å². The van der Waals surface area contributed by atoms with Gasteiger partial charge in [0.05, 0.1) is 6.54 Å². The largest absolute Gasteiger partial charge is 0.370 e. The number of hydrogen-bond acceptors (Lipinski definition) is 1. The van der Waals surface area contributed by atoms with Gasteiger partial charge < -0.3 is 11.5 Å². The molecule has 1 aromatic carbocycles. The molecule has 1 aromatic rings. The first-order valence-corrected chi connectivity index (χ1v) is 5.60. The summed E-state index contributed by atoms with van der Waals surface area (Å²) in [4.78, 5) is 4.09. The molecule has 0 aliphatic heterocycles. The van der Waals surface area contributed by atoms with Crippen LogP contribution in [0.15, 0.2) is 29.3 Å². The zero-order valence-electron chi connectivity index (χ0n) is 10.7. The van der Waals surface area contributed by atoms with Gasteiger partial charge in [0.25, 0.3) is 0 Å². The Labute approximate surface area is 121 Å². The van der Waals surface area contributed by atoms with Crippen LogP contribution in [0.25, 0.3) is 0 Å². The molecule has 1 rings (SSSR count). The van der Waals surface area contributed by atoms with E-state index in [1.807, 2.05) is 0 Å². The molecule has 0 spiro atoms. The maximum atomic E-state index is 5.35. The van der Waals surface area contributed by atoms with E-state index in [9.17, 15) is 0 Å². The molecule has 3 nitrogen and oxygen atoms in total. The van der Waals surface area contributed by atoms with Crippen molar-refractivity contribution in [2.45, 2.75) is 32.6 Å². The van der Waals surface area contributed by atoms with E-state index in [-0.39, 0.29) is 35.4 Å². The third-order valence-electron chi connectivity index (χ3n) is 2.80. The van der Waals surface area contributed by atoms with Crippen LogP contribution < -0.4 is 11.5 Å². The quantitative estimate of drug-likeness (QED) is 0.499. The fourth-order valence-corrected chi connectivity index (χ4v) is 1.57. The molecule has 0 radical (unpaired) electrons. The zero-order valence-corrected chi connectivity index (χ0v) is 13.1. The van der Waals surface area contributed by atoms with Crippen LogP contribution in [0.3, 0.4) is 0 Å². The molecule has 4 N–H and O–H groups in total. The van der Waals surface area contributed by atoms with E-state index in [1.54, 1.807) is 0 Å². The Kier molecular flexibility index (Phi) is 6.52. The summed E-state index contributed by atoms with van der Waals surface area (Å²) in [6.07, 6.45) is 1.06. The van der Waals surface area contributed by atoms with E-state index < -0.39 is 0 Å². The smallest absolute Gasteiger partial charge is 0.185 e. The summed E-state index contributed by atoms with van der Waals surface area (Å²) in [5.41, 5.74) is 13.3. The van der Waals surface area contributed by atoms with Crippen LogP contribution in [0.4, 0.5) is 0 Å². The number of rotatable bonds is 4. The lowest BCUT2D eigenvalue weighted by Gasteiger charge is -2.23. The Balaban J connectivity index is 0.00000256. The molecule has 0 unspecified atom stereocenters. The first-order valence-electron chi connectivity index (χ1n) is 5.60. The van der Waals surface area contributed by atoms with E-state index in [0.717, 1.165) is 6.42 Å². The van der Waals surface area contributed by atoms with Crippen molar-refractivity contribution < 1.29 is 0 Å². The normalized spacial score (nSPS) is 10.5. The van der Waals surface area contributed by atoms with Crippen molar-refractivity contribution in [2.75, 3.05) is 6.54 Å². The Morgan fingerprint density at radius 2 is 1.71 bits per heavy atom. The Hall–Kier alpha value is -0.780. The van der Waals surface area contributed by atoms with Crippen LogP contribution in [0, 0.1) is 0 Å². The minimum Gasteiger partial charge on any atom is -0.370 e. The van der Waals surface area contributed by atoms with E-state index in [1.165, 1.54) is 11.1 Å². The molecule has 0 aliphatic carbocycles. The molecule has 0 heterocycles. The van der Waals surface area contributed by atoms with E-state index in [2.05, 4.69) is 50.0 Å². The van der Waals surface area contributed by atoms with E-state index in [0.29, 0.717) is 6.54 Å². The fourth-order valence-electron chi connectivity index (χ4n) is 1.57. The van der Waals surface area contributed by atoms with Gasteiger partial charge in [-0.05, 0) is 17.5 Å². The number of nitrogens with zero attached hydrogens (tertiary/aromatic N) is 1. The fraction of sp³-hybridized carbons (Fsp3) is 0.462. The lowest BCUT2D eigenvalue weighted by atomic mass is 9.84. The van der Waals surface area contributed by atoms with Crippen molar-refractivity contribution in [2.24, 2.45) is 16.5 Å². The van der Waals surface area contributed by atoms with Gasteiger partial charge in [0.1, 0.15) is 0 Å². The van der Waals surface area contributed by atoms with Gasteiger partial charge in [-0.3, -0.25) is 4.99 Å². The molecule has 0 saturated carbocycles. The number of nitrogens with two attached hydrogens (primary N) is 2. The minimum atomic E-state index is -0.0315. The van der Waals surface area contributed by atoms with Crippen LogP contribution in [-0.4, -0.2) is 12.5 Å². The first kappa shape index (κ1) is 16.2. The van der Waals surface area contributed by atoms with Crippen molar-refractivity contribution in [3.05, 3.63) is 35.4 Å². The Morgan fingerprint density at radius 1 is 1.18 bits per heavy atom. The highest BCUT2D eigenvalue weighted by Crippen LogP contribution is 2.23. The summed E-state index contributed by atoms with van der Waals surface area (Å²) in [6, 6.07) is 8.63. The van der Waals surface area contributed by atoms with E-state index >= 15 is 0 Å². The molecule has 0 aromatic heterocycles. The topological polar surface area (TPSA) is 64.4 Å². The maximum absolute atomic E-state index is 5.35. The van der Waals surface area contributed by atoms with Crippen LogP contribution >= 0.6 is 24.0 Å². The SMILES string of the molecule is CCc1ccc(C(C)(C)CN=C(N)N)cc1.I. The average molecular weight is 347 g/mol. The van der Waals surface area contributed by atoms with Crippen LogP contribution in [0.1, 0.15) is 31.9 Å². The van der Waals surface area contributed by atoms with Crippen LogP contribution in [-0.2, 0) is 11.8 Å². The van der Waals surface area contributed by atoms with Crippen molar-refractivity contribution >= 4 is 29.9 Å². The van der Waals surface area contributed by atoms with Crippen molar-refractivity contribution in [3.8, 4) is 0 Å². The van der Waals surface area contributed by atoms with Gasteiger partial charge >= 0.3 is 0 Å². The second-order valence-electron chi connectivity index (χ2n) is 4.68. The van der Waals surface area contributed by atoms with Gasteiger partial charge in [-0.25, -0.2) is 0 Å². The molecule has 0 atom stereocenters. The zero-order chi connectivity index (χ0) is 12.2. The lowest BCUT2D eigenvalue weighted by Crippen LogP contribution is -2.28. The molecule has 17 heavy (non-hydrogen) atoms. The molecule has 4 heteroatoms. The Bertz CT molecular complexity index is 365. The summed E-state index contributed by atoms with van der Waals surface area (Å²) in [7, 11) is 0. The predicted octanol–water partition coefficient (Wildman–Crippen LogP) is 2.42. The van der Waals surface area contributed by atoms with Gasteiger partial charge in [0, 0.05) is 5.41 Å². The summed E-state index contributed by atoms with van der Waals surface area (Å²) >= 11 is 0. The van der Waals surface area contributed by atoms with Gasteiger partial charge in [-0.1, -0.05) is 45.0 Å². The monoisotopic (exact) mass is 347 g/mol. The van der Waals surface area contributed by atoms with Crippen LogP contribution in [0.5, 0.6) is 0 Å².